The summed E-state index contributed by atoms with van der Waals surface area (Å²) in [6.45, 7) is 7.28. The Morgan fingerprint density at radius 2 is 0.484 bits per heavy atom. The Hall–Kier alpha value is -1.94. The lowest BCUT2D eigenvalue weighted by molar-refractivity contribution is -0.161. The molecule has 0 amide bonds. The third-order valence-electron chi connectivity index (χ3n) is 17.8. The number of unbranched alkanes of at least 4 members (excludes halogenated alkanes) is 48. The van der Waals surface area contributed by atoms with Gasteiger partial charge in [-0.15, -0.1) is 0 Å². The number of phosphoric ester groups is 2. The predicted octanol–water partition coefficient (Wildman–Crippen LogP) is 22.5. The van der Waals surface area contributed by atoms with Crippen LogP contribution in [0.1, 0.15) is 401 Å². The molecule has 0 aliphatic rings. The maximum atomic E-state index is 13.1. The van der Waals surface area contributed by atoms with Gasteiger partial charge in [0, 0.05) is 25.7 Å². The molecule has 3 N–H and O–H groups in total. The minimum Gasteiger partial charge on any atom is -0.462 e. The second kappa shape index (κ2) is 69.2. The zero-order chi connectivity index (χ0) is 69.8. The van der Waals surface area contributed by atoms with E-state index in [0.29, 0.717) is 25.7 Å². The molecular formula is C76H148O17P2. The van der Waals surface area contributed by atoms with Crippen molar-refractivity contribution in [3.05, 3.63) is 0 Å². The number of carbonyl (C=O) groups excluding carboxylic acids is 4. The number of carbonyl (C=O) groups is 4. The Kier molecular flexibility index (Phi) is 67.7. The number of hydrogen-bond acceptors (Lipinski definition) is 15. The number of phosphoric acid groups is 2. The van der Waals surface area contributed by atoms with E-state index in [4.69, 9.17) is 37.0 Å². The quantitative estimate of drug-likeness (QED) is 0.0222. The maximum absolute atomic E-state index is 13.1. The Balaban J connectivity index is 5.21. The minimum absolute atomic E-state index is 0.107. The average molecular weight is 1400 g/mol. The van der Waals surface area contributed by atoms with Gasteiger partial charge in [0.15, 0.2) is 12.2 Å². The maximum Gasteiger partial charge on any atom is 0.472 e. The van der Waals surface area contributed by atoms with Crippen LogP contribution in [0.25, 0.3) is 0 Å². The van der Waals surface area contributed by atoms with Crippen LogP contribution in [0.5, 0.6) is 0 Å². The SMILES string of the molecule is CCCCCCCCCCCCCCCCCCCCCCC(=O)O[C@H](COC(=O)CCCCCCCCCCCCCC(C)C)COP(=O)(O)OC[C@@H](O)COP(=O)(O)OC[C@@H](COC(=O)CCCCCCCCCCCC)OC(=O)CCCCCCCCCCCCC. The van der Waals surface area contributed by atoms with Crippen molar-refractivity contribution >= 4 is 39.5 Å². The molecular weight excluding hydrogens is 1250 g/mol. The summed E-state index contributed by atoms with van der Waals surface area (Å²) < 4.78 is 68.5. The highest BCUT2D eigenvalue weighted by Crippen LogP contribution is 2.45. The second-order valence-corrected chi connectivity index (χ2v) is 30.8. The number of rotatable bonds is 76. The van der Waals surface area contributed by atoms with Crippen LogP contribution in [0.3, 0.4) is 0 Å². The van der Waals surface area contributed by atoms with Gasteiger partial charge in [-0.05, 0) is 31.6 Å². The monoisotopic (exact) mass is 1400 g/mol. The smallest absolute Gasteiger partial charge is 0.462 e. The van der Waals surface area contributed by atoms with Gasteiger partial charge in [-0.3, -0.25) is 37.3 Å². The van der Waals surface area contributed by atoms with E-state index in [9.17, 15) is 43.2 Å². The zero-order valence-electron chi connectivity index (χ0n) is 61.8. The molecule has 564 valence electrons. The molecule has 95 heavy (non-hydrogen) atoms. The highest BCUT2D eigenvalue weighted by atomic mass is 31.2. The third kappa shape index (κ3) is 70.3. The molecule has 5 atom stereocenters. The van der Waals surface area contributed by atoms with Crippen molar-refractivity contribution < 1.29 is 80.2 Å². The van der Waals surface area contributed by atoms with Crippen LogP contribution < -0.4 is 0 Å². The van der Waals surface area contributed by atoms with E-state index in [0.717, 1.165) is 95.8 Å². The first kappa shape index (κ1) is 93.1. The van der Waals surface area contributed by atoms with E-state index in [1.54, 1.807) is 0 Å². The average Bonchev–Trinajstić information content (AvgIpc) is 1.53. The van der Waals surface area contributed by atoms with Gasteiger partial charge in [-0.2, -0.15) is 0 Å². The molecule has 0 aromatic heterocycles. The Morgan fingerprint density at radius 1 is 0.284 bits per heavy atom. The van der Waals surface area contributed by atoms with Crippen molar-refractivity contribution in [2.75, 3.05) is 39.6 Å². The molecule has 0 aromatic rings. The number of aliphatic hydroxyl groups excluding tert-OH is 1. The fourth-order valence-corrected chi connectivity index (χ4v) is 13.3. The van der Waals surface area contributed by atoms with Gasteiger partial charge in [0.2, 0.25) is 0 Å². The van der Waals surface area contributed by atoms with Gasteiger partial charge >= 0.3 is 39.5 Å². The molecule has 0 aliphatic carbocycles. The van der Waals surface area contributed by atoms with Gasteiger partial charge in [0.25, 0.3) is 0 Å². The highest BCUT2D eigenvalue weighted by molar-refractivity contribution is 7.47. The molecule has 0 fully saturated rings. The molecule has 0 bridgehead atoms. The normalized spacial score (nSPS) is 13.9. The van der Waals surface area contributed by atoms with Gasteiger partial charge in [-0.25, -0.2) is 9.13 Å². The van der Waals surface area contributed by atoms with Crippen molar-refractivity contribution in [3.63, 3.8) is 0 Å². The number of aliphatic hydroxyl groups is 1. The van der Waals surface area contributed by atoms with Gasteiger partial charge < -0.3 is 33.8 Å². The van der Waals surface area contributed by atoms with E-state index in [1.807, 2.05) is 0 Å². The number of esters is 4. The minimum atomic E-state index is -4.96. The van der Waals surface area contributed by atoms with E-state index < -0.39 is 97.5 Å². The summed E-state index contributed by atoms with van der Waals surface area (Å²) in [5.41, 5.74) is 0. The van der Waals surface area contributed by atoms with Gasteiger partial charge in [-0.1, -0.05) is 349 Å². The van der Waals surface area contributed by atoms with Crippen molar-refractivity contribution in [3.8, 4) is 0 Å². The second-order valence-electron chi connectivity index (χ2n) is 27.9. The third-order valence-corrected chi connectivity index (χ3v) is 19.7. The van der Waals surface area contributed by atoms with Crippen LogP contribution in [0.4, 0.5) is 0 Å². The van der Waals surface area contributed by atoms with Crippen molar-refractivity contribution in [2.45, 2.75) is 419 Å². The summed E-state index contributed by atoms with van der Waals surface area (Å²) in [5, 5.41) is 10.6. The van der Waals surface area contributed by atoms with Crippen LogP contribution in [0.2, 0.25) is 0 Å². The largest absolute Gasteiger partial charge is 0.472 e. The van der Waals surface area contributed by atoms with Gasteiger partial charge in [0.05, 0.1) is 26.4 Å². The van der Waals surface area contributed by atoms with E-state index >= 15 is 0 Å². The predicted molar refractivity (Wildman–Crippen MR) is 386 cm³/mol. The van der Waals surface area contributed by atoms with Crippen LogP contribution in [0.15, 0.2) is 0 Å². The van der Waals surface area contributed by atoms with Crippen LogP contribution in [-0.2, 0) is 65.4 Å². The Bertz CT molecular complexity index is 1820. The van der Waals surface area contributed by atoms with Crippen molar-refractivity contribution in [1.82, 2.24) is 0 Å². The summed E-state index contributed by atoms with van der Waals surface area (Å²) in [6, 6.07) is 0. The number of hydrogen-bond donors (Lipinski definition) is 3. The fraction of sp³-hybridized carbons (Fsp3) is 0.947. The molecule has 0 saturated heterocycles. The molecule has 2 unspecified atom stereocenters. The molecule has 0 saturated carbocycles. The standard InChI is InChI=1S/C76H148O17P2/c1-6-9-12-15-18-21-24-25-26-27-28-29-30-31-32-36-42-47-52-57-62-76(81)93-72(66-87-74(79)60-55-50-45-40-37-33-35-38-43-48-53-58-69(4)5)68-91-95(84,85)89-64-70(77)63-88-94(82,83)90-67-71(65-86-73(78)59-54-49-44-39-23-20-17-14-11-8-3)92-75(80)61-56-51-46-41-34-22-19-16-13-10-7-2/h69-72,77H,6-68H2,1-5H3,(H,82,83)(H,84,85)/t70-,71+,72+/m0/s1. The molecule has 0 aromatic carbocycles. The lowest BCUT2D eigenvalue weighted by Crippen LogP contribution is -2.30. The molecule has 19 heteroatoms. The summed E-state index contributed by atoms with van der Waals surface area (Å²) in [7, 11) is -9.91. The lowest BCUT2D eigenvalue weighted by atomic mass is 10.0. The van der Waals surface area contributed by atoms with Crippen molar-refractivity contribution in [1.29, 1.82) is 0 Å². The zero-order valence-corrected chi connectivity index (χ0v) is 63.6. The fourth-order valence-electron chi connectivity index (χ4n) is 11.7. The Morgan fingerprint density at radius 3 is 0.716 bits per heavy atom. The molecule has 0 rings (SSSR count). The lowest BCUT2D eigenvalue weighted by Gasteiger charge is -2.21. The molecule has 0 aliphatic heterocycles. The first-order valence-corrected chi connectivity index (χ1v) is 42.6. The van der Waals surface area contributed by atoms with Crippen LogP contribution in [0, 0.1) is 5.92 Å². The van der Waals surface area contributed by atoms with E-state index in [-0.39, 0.29) is 25.7 Å². The first-order valence-electron chi connectivity index (χ1n) is 39.6. The number of ether oxygens (including phenoxy) is 4. The van der Waals surface area contributed by atoms with Crippen LogP contribution >= 0.6 is 15.6 Å². The molecule has 0 spiro atoms. The highest BCUT2D eigenvalue weighted by Gasteiger charge is 2.30. The summed E-state index contributed by atoms with van der Waals surface area (Å²) >= 11 is 0. The first-order chi connectivity index (χ1) is 46.0. The topological polar surface area (TPSA) is 237 Å². The molecule has 0 heterocycles. The summed E-state index contributed by atoms with van der Waals surface area (Å²) in [6.07, 6.45) is 58.2. The van der Waals surface area contributed by atoms with Crippen LogP contribution in [-0.4, -0.2) is 96.7 Å². The summed E-state index contributed by atoms with van der Waals surface area (Å²) in [5.74, 6) is -1.34. The summed E-state index contributed by atoms with van der Waals surface area (Å²) in [4.78, 5) is 72.7. The van der Waals surface area contributed by atoms with E-state index in [1.165, 1.54) is 225 Å². The van der Waals surface area contributed by atoms with Crippen molar-refractivity contribution in [2.24, 2.45) is 5.92 Å². The molecule has 17 nitrogen and oxygen atoms in total. The van der Waals surface area contributed by atoms with E-state index in [2.05, 4.69) is 34.6 Å². The Labute approximate surface area is 581 Å². The molecule has 0 radical (unpaired) electrons. The van der Waals surface area contributed by atoms with Gasteiger partial charge in [0.1, 0.15) is 19.3 Å².